The van der Waals surface area contributed by atoms with E-state index in [1.165, 1.54) is 6.07 Å². The van der Waals surface area contributed by atoms with Crippen LogP contribution in [0, 0.1) is 5.82 Å². The van der Waals surface area contributed by atoms with Crippen LogP contribution in [-0.2, 0) is 13.1 Å². The van der Waals surface area contributed by atoms with E-state index >= 15 is 0 Å². The Morgan fingerprint density at radius 2 is 2.12 bits per heavy atom. The van der Waals surface area contributed by atoms with Crippen LogP contribution in [0.2, 0.25) is 0 Å². The molecule has 0 unspecified atom stereocenters. The third-order valence-electron chi connectivity index (χ3n) is 2.46. The third kappa shape index (κ3) is 1.69. The number of benzene rings is 1. The Hall–Kier alpha value is -1.75. The molecule has 1 aromatic heterocycles. The van der Waals surface area contributed by atoms with Gasteiger partial charge in [0.15, 0.2) is 0 Å². The molecule has 0 aliphatic heterocycles. The van der Waals surface area contributed by atoms with Crippen LogP contribution in [0.1, 0.15) is 12.6 Å². The van der Waals surface area contributed by atoms with E-state index in [1.54, 1.807) is 22.9 Å². The number of halogens is 1. The summed E-state index contributed by atoms with van der Waals surface area (Å²) in [7, 11) is 0. The average molecular weight is 220 g/mol. The van der Waals surface area contributed by atoms with Gasteiger partial charge in [-0.05, 0) is 19.1 Å². The van der Waals surface area contributed by atoms with E-state index in [1.807, 2.05) is 6.92 Å². The van der Waals surface area contributed by atoms with Gasteiger partial charge in [-0.25, -0.2) is 9.07 Å². The smallest absolute Gasteiger partial charge is 0.132 e. The van der Waals surface area contributed by atoms with Gasteiger partial charge in [0.25, 0.3) is 0 Å². The van der Waals surface area contributed by atoms with Crippen molar-refractivity contribution in [3.8, 4) is 11.3 Å². The van der Waals surface area contributed by atoms with E-state index in [4.69, 9.17) is 5.73 Å². The number of rotatable bonds is 3. The maximum atomic E-state index is 13.6. The molecule has 0 saturated carbocycles. The second kappa shape index (κ2) is 4.40. The fourth-order valence-electron chi connectivity index (χ4n) is 1.65. The van der Waals surface area contributed by atoms with Crippen LogP contribution in [0.15, 0.2) is 24.3 Å². The Labute approximate surface area is 92.9 Å². The van der Waals surface area contributed by atoms with Gasteiger partial charge in [-0.15, -0.1) is 5.10 Å². The number of hydrogen-bond donors (Lipinski definition) is 1. The Bertz CT molecular complexity index is 492. The summed E-state index contributed by atoms with van der Waals surface area (Å²) >= 11 is 0. The number of nitrogens with zero attached hydrogens (tertiary/aromatic N) is 3. The summed E-state index contributed by atoms with van der Waals surface area (Å²) in [5.74, 6) is -0.305. The molecule has 2 rings (SSSR count). The van der Waals surface area contributed by atoms with Gasteiger partial charge in [0.1, 0.15) is 11.5 Å². The number of nitrogens with two attached hydrogens (primary N) is 1. The highest BCUT2D eigenvalue weighted by atomic mass is 19.1. The highest BCUT2D eigenvalue weighted by Gasteiger charge is 2.15. The van der Waals surface area contributed by atoms with Gasteiger partial charge >= 0.3 is 0 Å². The van der Waals surface area contributed by atoms with E-state index in [2.05, 4.69) is 10.3 Å². The number of aromatic nitrogens is 3. The lowest BCUT2D eigenvalue weighted by Gasteiger charge is -2.03. The summed E-state index contributed by atoms with van der Waals surface area (Å²) in [6, 6.07) is 6.49. The number of hydrogen-bond acceptors (Lipinski definition) is 3. The molecule has 0 spiro atoms. The Morgan fingerprint density at radius 1 is 1.38 bits per heavy atom. The standard InChI is InChI=1S/C11H13FN4/c1-2-16-10(7-13)11(14-15-16)8-5-3-4-6-9(8)12/h3-6H,2,7,13H2,1H3. The first-order valence-electron chi connectivity index (χ1n) is 5.15. The third-order valence-corrected chi connectivity index (χ3v) is 2.46. The zero-order valence-corrected chi connectivity index (χ0v) is 9.02. The first-order chi connectivity index (χ1) is 7.77. The van der Waals surface area contributed by atoms with Gasteiger partial charge in [-0.3, -0.25) is 0 Å². The molecule has 16 heavy (non-hydrogen) atoms. The van der Waals surface area contributed by atoms with Crippen molar-refractivity contribution in [2.24, 2.45) is 5.73 Å². The molecule has 0 amide bonds. The summed E-state index contributed by atoms with van der Waals surface area (Å²) < 4.78 is 15.3. The Kier molecular flexibility index (Phi) is 2.96. The molecular formula is C11H13FN4. The normalized spacial score (nSPS) is 10.7. The van der Waals surface area contributed by atoms with Crippen molar-refractivity contribution in [2.75, 3.05) is 0 Å². The second-order valence-corrected chi connectivity index (χ2v) is 3.38. The molecule has 2 aromatic rings. The molecular weight excluding hydrogens is 207 g/mol. The van der Waals surface area contributed by atoms with E-state index in [-0.39, 0.29) is 5.82 Å². The molecule has 0 bridgehead atoms. The predicted molar refractivity (Wildman–Crippen MR) is 59.0 cm³/mol. The van der Waals surface area contributed by atoms with E-state index < -0.39 is 0 Å². The van der Waals surface area contributed by atoms with Gasteiger partial charge in [-0.1, -0.05) is 17.3 Å². The van der Waals surface area contributed by atoms with Crippen molar-refractivity contribution >= 4 is 0 Å². The van der Waals surface area contributed by atoms with Crippen LogP contribution in [0.4, 0.5) is 4.39 Å². The van der Waals surface area contributed by atoms with Crippen molar-refractivity contribution in [1.29, 1.82) is 0 Å². The fraction of sp³-hybridized carbons (Fsp3) is 0.273. The fourth-order valence-corrected chi connectivity index (χ4v) is 1.65. The van der Waals surface area contributed by atoms with E-state index in [0.29, 0.717) is 24.3 Å². The van der Waals surface area contributed by atoms with Crippen LogP contribution >= 0.6 is 0 Å². The predicted octanol–water partition coefficient (Wildman–Crippen LogP) is 1.56. The SMILES string of the molecule is CCn1nnc(-c2ccccc2F)c1CN. The van der Waals surface area contributed by atoms with Crippen LogP contribution < -0.4 is 5.73 Å². The van der Waals surface area contributed by atoms with Gasteiger partial charge in [-0.2, -0.15) is 0 Å². The quantitative estimate of drug-likeness (QED) is 0.854. The summed E-state index contributed by atoms with van der Waals surface area (Å²) in [6.45, 7) is 2.91. The van der Waals surface area contributed by atoms with Crippen LogP contribution in [-0.4, -0.2) is 15.0 Å². The summed E-state index contributed by atoms with van der Waals surface area (Å²) in [6.07, 6.45) is 0. The Morgan fingerprint density at radius 3 is 2.75 bits per heavy atom. The van der Waals surface area contributed by atoms with Crippen molar-refractivity contribution in [3.05, 3.63) is 35.8 Å². The molecule has 0 atom stereocenters. The van der Waals surface area contributed by atoms with Gasteiger partial charge in [0.2, 0.25) is 0 Å². The highest BCUT2D eigenvalue weighted by molar-refractivity contribution is 5.61. The van der Waals surface area contributed by atoms with E-state index in [0.717, 1.165) is 5.69 Å². The highest BCUT2D eigenvalue weighted by Crippen LogP contribution is 2.23. The minimum atomic E-state index is -0.305. The molecule has 1 heterocycles. The largest absolute Gasteiger partial charge is 0.325 e. The molecule has 0 fully saturated rings. The molecule has 0 saturated heterocycles. The second-order valence-electron chi connectivity index (χ2n) is 3.38. The molecule has 84 valence electrons. The number of aryl methyl sites for hydroxylation is 1. The minimum Gasteiger partial charge on any atom is -0.325 e. The Balaban J connectivity index is 2.56. The van der Waals surface area contributed by atoms with Gasteiger partial charge in [0, 0.05) is 18.7 Å². The molecule has 0 aliphatic rings. The summed E-state index contributed by atoms with van der Waals surface area (Å²) in [5, 5.41) is 7.92. The topological polar surface area (TPSA) is 56.7 Å². The lowest BCUT2D eigenvalue weighted by molar-refractivity contribution is 0.598. The minimum absolute atomic E-state index is 0.296. The molecule has 5 heteroatoms. The zero-order chi connectivity index (χ0) is 11.5. The lowest BCUT2D eigenvalue weighted by Crippen LogP contribution is -2.08. The maximum absolute atomic E-state index is 13.6. The zero-order valence-electron chi connectivity index (χ0n) is 9.02. The van der Waals surface area contributed by atoms with Crippen molar-refractivity contribution in [1.82, 2.24) is 15.0 Å². The monoisotopic (exact) mass is 220 g/mol. The van der Waals surface area contributed by atoms with Crippen molar-refractivity contribution < 1.29 is 4.39 Å². The maximum Gasteiger partial charge on any atom is 0.132 e. The van der Waals surface area contributed by atoms with Gasteiger partial charge < -0.3 is 5.73 Å². The summed E-state index contributed by atoms with van der Waals surface area (Å²) in [4.78, 5) is 0. The van der Waals surface area contributed by atoms with Crippen LogP contribution in [0.5, 0.6) is 0 Å². The molecule has 1 aromatic carbocycles. The van der Waals surface area contributed by atoms with Gasteiger partial charge in [0.05, 0.1) is 5.69 Å². The molecule has 2 N–H and O–H groups in total. The van der Waals surface area contributed by atoms with Crippen LogP contribution in [0.3, 0.4) is 0 Å². The first kappa shape index (κ1) is 10.8. The molecule has 4 nitrogen and oxygen atoms in total. The van der Waals surface area contributed by atoms with Crippen LogP contribution in [0.25, 0.3) is 11.3 Å². The molecule has 0 radical (unpaired) electrons. The first-order valence-corrected chi connectivity index (χ1v) is 5.15. The molecule has 0 aliphatic carbocycles. The van der Waals surface area contributed by atoms with E-state index in [9.17, 15) is 4.39 Å². The van der Waals surface area contributed by atoms with Crippen molar-refractivity contribution in [3.63, 3.8) is 0 Å². The average Bonchev–Trinajstić information content (AvgIpc) is 2.72. The lowest BCUT2D eigenvalue weighted by atomic mass is 10.1. The van der Waals surface area contributed by atoms with Crippen molar-refractivity contribution in [2.45, 2.75) is 20.0 Å². The summed E-state index contributed by atoms with van der Waals surface area (Å²) in [5.41, 5.74) is 7.37.